The van der Waals surface area contributed by atoms with E-state index in [4.69, 9.17) is 14.2 Å². The van der Waals surface area contributed by atoms with Crippen LogP contribution < -0.4 is 15.0 Å². The molecule has 1 unspecified atom stereocenters. The van der Waals surface area contributed by atoms with Crippen molar-refractivity contribution >= 4 is 5.97 Å². The fraction of sp³-hybridized carbons (Fsp3) is 0.353. The predicted octanol–water partition coefficient (Wildman–Crippen LogP) is 2.05. The van der Waals surface area contributed by atoms with Crippen LogP contribution in [0.3, 0.4) is 0 Å². The maximum Gasteiger partial charge on any atom is 0.330 e. The molecule has 0 bridgehead atoms. The Morgan fingerprint density at radius 2 is 1.96 bits per heavy atom. The molecule has 0 aliphatic carbocycles. The fourth-order valence-electron chi connectivity index (χ4n) is 2.22. The van der Waals surface area contributed by atoms with Crippen LogP contribution in [0.1, 0.15) is 19.9 Å². The van der Waals surface area contributed by atoms with Crippen molar-refractivity contribution in [3.63, 3.8) is 0 Å². The zero-order valence-corrected chi connectivity index (χ0v) is 14.1. The molecule has 0 N–H and O–H groups in total. The average Bonchev–Trinajstić information content (AvgIpc) is 2.61. The van der Waals surface area contributed by atoms with Crippen molar-refractivity contribution in [3.8, 4) is 22.8 Å². The molecule has 0 radical (unpaired) electrons. The molecule has 0 fully saturated rings. The van der Waals surface area contributed by atoms with E-state index in [1.807, 2.05) is 0 Å². The summed E-state index contributed by atoms with van der Waals surface area (Å²) in [4.78, 5) is 24.0. The number of benzene rings is 1. The minimum Gasteiger partial charge on any atom is -0.497 e. The van der Waals surface area contributed by atoms with Crippen LogP contribution in [0, 0.1) is 0 Å². The Bertz CT molecular complexity index is 785. The summed E-state index contributed by atoms with van der Waals surface area (Å²) in [6, 6.07) is 7.38. The normalized spacial score (nSPS) is 11.7. The molecule has 2 aromatic rings. The molecule has 1 heterocycles. The van der Waals surface area contributed by atoms with Gasteiger partial charge in [-0.25, -0.2) is 9.48 Å². The Morgan fingerprint density at radius 1 is 1.21 bits per heavy atom. The third-order valence-corrected chi connectivity index (χ3v) is 3.50. The van der Waals surface area contributed by atoms with Crippen molar-refractivity contribution in [2.75, 3.05) is 20.8 Å². The van der Waals surface area contributed by atoms with Gasteiger partial charge >= 0.3 is 5.97 Å². The molecule has 1 aromatic carbocycles. The minimum absolute atomic E-state index is 0.237. The van der Waals surface area contributed by atoms with Gasteiger partial charge in [0, 0.05) is 11.6 Å². The van der Waals surface area contributed by atoms with Gasteiger partial charge < -0.3 is 14.2 Å². The van der Waals surface area contributed by atoms with E-state index in [-0.39, 0.29) is 12.2 Å². The summed E-state index contributed by atoms with van der Waals surface area (Å²) < 4.78 is 16.6. The standard InChI is InChI=1S/C17H20N2O5/c1-5-24-17(21)11(2)19-16(20)9-7-14(18-19)13-10-12(22-3)6-8-15(13)23-4/h6-11H,5H2,1-4H3. The van der Waals surface area contributed by atoms with Gasteiger partial charge in [0.05, 0.1) is 26.5 Å². The van der Waals surface area contributed by atoms with Crippen LogP contribution in [-0.4, -0.2) is 36.6 Å². The second-order valence-corrected chi connectivity index (χ2v) is 5.00. The SMILES string of the molecule is CCOC(=O)C(C)n1nc(-c2cc(OC)ccc2OC)ccc1=O. The first-order valence-electron chi connectivity index (χ1n) is 7.50. The van der Waals surface area contributed by atoms with Crippen LogP contribution in [0.5, 0.6) is 11.5 Å². The highest BCUT2D eigenvalue weighted by atomic mass is 16.5. The third kappa shape index (κ3) is 3.56. The fourth-order valence-corrected chi connectivity index (χ4v) is 2.22. The van der Waals surface area contributed by atoms with Crippen molar-refractivity contribution in [1.82, 2.24) is 9.78 Å². The Hall–Kier alpha value is -2.83. The zero-order valence-electron chi connectivity index (χ0n) is 14.1. The molecule has 128 valence electrons. The topological polar surface area (TPSA) is 79.7 Å². The smallest absolute Gasteiger partial charge is 0.330 e. The number of hydrogen-bond acceptors (Lipinski definition) is 6. The highest BCUT2D eigenvalue weighted by Crippen LogP contribution is 2.31. The molecule has 0 amide bonds. The molecular formula is C17H20N2O5. The van der Waals surface area contributed by atoms with E-state index in [1.165, 1.54) is 6.07 Å². The summed E-state index contributed by atoms with van der Waals surface area (Å²) in [6.45, 7) is 3.51. The number of hydrogen-bond donors (Lipinski definition) is 0. The van der Waals surface area contributed by atoms with Crippen molar-refractivity contribution in [1.29, 1.82) is 0 Å². The first-order valence-corrected chi connectivity index (χ1v) is 7.50. The molecular weight excluding hydrogens is 312 g/mol. The number of esters is 1. The lowest BCUT2D eigenvalue weighted by Crippen LogP contribution is -2.31. The van der Waals surface area contributed by atoms with E-state index >= 15 is 0 Å². The lowest BCUT2D eigenvalue weighted by molar-refractivity contribution is -0.147. The van der Waals surface area contributed by atoms with Crippen LogP contribution in [0.4, 0.5) is 0 Å². The second-order valence-electron chi connectivity index (χ2n) is 5.00. The van der Waals surface area contributed by atoms with Crippen molar-refractivity contribution in [2.24, 2.45) is 0 Å². The number of methoxy groups -OCH3 is 2. The van der Waals surface area contributed by atoms with E-state index in [9.17, 15) is 9.59 Å². The van der Waals surface area contributed by atoms with E-state index < -0.39 is 12.0 Å². The second kappa shape index (κ2) is 7.63. The molecule has 2 rings (SSSR count). The summed E-state index contributed by atoms with van der Waals surface area (Å²) in [5.74, 6) is 0.697. The van der Waals surface area contributed by atoms with Gasteiger partial charge in [0.15, 0.2) is 6.04 Å². The van der Waals surface area contributed by atoms with Crippen molar-refractivity contribution in [2.45, 2.75) is 19.9 Å². The highest BCUT2D eigenvalue weighted by Gasteiger charge is 2.20. The van der Waals surface area contributed by atoms with Gasteiger partial charge in [-0.3, -0.25) is 4.79 Å². The molecule has 24 heavy (non-hydrogen) atoms. The Morgan fingerprint density at radius 3 is 2.58 bits per heavy atom. The third-order valence-electron chi connectivity index (χ3n) is 3.50. The molecule has 7 heteroatoms. The average molecular weight is 332 g/mol. The Kier molecular flexibility index (Phi) is 5.57. The highest BCUT2D eigenvalue weighted by molar-refractivity contribution is 5.74. The van der Waals surface area contributed by atoms with Gasteiger partial charge in [-0.1, -0.05) is 0 Å². The van der Waals surface area contributed by atoms with E-state index in [0.29, 0.717) is 22.8 Å². The zero-order chi connectivity index (χ0) is 17.7. The largest absolute Gasteiger partial charge is 0.497 e. The molecule has 1 aromatic heterocycles. The van der Waals surface area contributed by atoms with Crippen LogP contribution in [-0.2, 0) is 9.53 Å². The van der Waals surface area contributed by atoms with Crippen molar-refractivity contribution < 1.29 is 19.0 Å². The maximum absolute atomic E-state index is 12.1. The molecule has 0 saturated heterocycles. The van der Waals surface area contributed by atoms with Gasteiger partial charge in [-0.2, -0.15) is 5.10 Å². The summed E-state index contributed by atoms with van der Waals surface area (Å²) in [6.07, 6.45) is 0. The summed E-state index contributed by atoms with van der Waals surface area (Å²) >= 11 is 0. The van der Waals surface area contributed by atoms with E-state index in [1.54, 1.807) is 52.3 Å². The summed E-state index contributed by atoms with van der Waals surface area (Å²) in [5, 5.41) is 4.30. The first kappa shape index (κ1) is 17.5. The molecule has 7 nitrogen and oxygen atoms in total. The van der Waals surface area contributed by atoms with Gasteiger partial charge in [-0.05, 0) is 38.1 Å². The number of nitrogens with zero attached hydrogens (tertiary/aromatic N) is 2. The van der Waals surface area contributed by atoms with Crippen LogP contribution in [0.25, 0.3) is 11.3 Å². The monoisotopic (exact) mass is 332 g/mol. The molecule has 1 atom stereocenters. The number of aromatic nitrogens is 2. The number of carbonyl (C=O) groups is 1. The van der Waals surface area contributed by atoms with Gasteiger partial charge in [-0.15, -0.1) is 0 Å². The van der Waals surface area contributed by atoms with Crippen LogP contribution in [0.2, 0.25) is 0 Å². The molecule has 0 aliphatic heterocycles. The molecule has 0 aliphatic rings. The minimum atomic E-state index is -0.825. The quantitative estimate of drug-likeness (QED) is 0.753. The Labute approximate surface area is 139 Å². The van der Waals surface area contributed by atoms with Gasteiger partial charge in [0.25, 0.3) is 5.56 Å². The number of ether oxygens (including phenoxy) is 3. The molecule has 0 saturated carbocycles. The maximum atomic E-state index is 12.1. The van der Waals surface area contributed by atoms with E-state index in [2.05, 4.69) is 5.10 Å². The van der Waals surface area contributed by atoms with Crippen molar-refractivity contribution in [3.05, 3.63) is 40.7 Å². The lowest BCUT2D eigenvalue weighted by atomic mass is 10.1. The van der Waals surface area contributed by atoms with E-state index in [0.717, 1.165) is 4.68 Å². The number of rotatable bonds is 6. The first-order chi connectivity index (χ1) is 11.5. The summed E-state index contributed by atoms with van der Waals surface area (Å²) in [5.41, 5.74) is 0.754. The summed E-state index contributed by atoms with van der Waals surface area (Å²) in [7, 11) is 3.10. The molecule has 0 spiro atoms. The number of carbonyl (C=O) groups excluding carboxylic acids is 1. The Balaban J connectivity index is 2.52. The predicted molar refractivity (Wildman–Crippen MR) is 88.4 cm³/mol. The lowest BCUT2D eigenvalue weighted by Gasteiger charge is -2.15. The van der Waals surface area contributed by atoms with Crippen LogP contribution in [0.15, 0.2) is 35.1 Å². The van der Waals surface area contributed by atoms with Crippen LogP contribution >= 0.6 is 0 Å². The van der Waals surface area contributed by atoms with Gasteiger partial charge in [0.1, 0.15) is 11.5 Å². The van der Waals surface area contributed by atoms with Gasteiger partial charge in [0.2, 0.25) is 0 Å².